The molecule has 1 unspecified atom stereocenters. The van der Waals surface area contributed by atoms with Crippen LogP contribution in [0.15, 0.2) is 46.9 Å². The van der Waals surface area contributed by atoms with Crippen LogP contribution >= 0.6 is 0 Å². The van der Waals surface area contributed by atoms with Gasteiger partial charge in [-0.15, -0.1) is 0 Å². The smallest absolute Gasteiger partial charge is 0.160 e. The summed E-state index contributed by atoms with van der Waals surface area (Å²) in [5, 5.41) is 4.19. The number of aryl methyl sites for hydroxylation is 1. The molecule has 0 aliphatic carbocycles. The number of rotatable bonds is 3. The van der Waals surface area contributed by atoms with Crippen molar-refractivity contribution in [2.45, 2.75) is 19.9 Å². The van der Waals surface area contributed by atoms with Gasteiger partial charge in [-0.1, -0.05) is 18.2 Å². The van der Waals surface area contributed by atoms with Gasteiger partial charge in [-0.2, -0.15) is 0 Å². The van der Waals surface area contributed by atoms with Gasteiger partial charge >= 0.3 is 0 Å². The van der Waals surface area contributed by atoms with Crippen molar-refractivity contribution >= 4 is 16.7 Å². The molecular weight excluding hydrogens is 272 g/mol. The van der Waals surface area contributed by atoms with Gasteiger partial charge in [-0.3, -0.25) is 0 Å². The molecule has 1 N–H and O–H groups in total. The molecule has 0 bridgehead atoms. The van der Waals surface area contributed by atoms with Crippen LogP contribution in [-0.4, -0.2) is 0 Å². The Morgan fingerprint density at radius 1 is 1.05 bits per heavy atom. The molecule has 0 aliphatic rings. The number of hydrogen-bond donors (Lipinski definition) is 1. The summed E-state index contributed by atoms with van der Waals surface area (Å²) >= 11 is 0. The zero-order valence-electron chi connectivity index (χ0n) is 11.8. The van der Waals surface area contributed by atoms with Crippen molar-refractivity contribution in [3.63, 3.8) is 0 Å². The average molecular weight is 287 g/mol. The Balaban J connectivity index is 1.91. The second kappa shape index (κ2) is 5.20. The van der Waals surface area contributed by atoms with E-state index in [4.69, 9.17) is 4.42 Å². The van der Waals surface area contributed by atoms with Crippen molar-refractivity contribution in [2.75, 3.05) is 5.32 Å². The Hall–Kier alpha value is -2.36. The highest BCUT2D eigenvalue weighted by Crippen LogP contribution is 2.31. The van der Waals surface area contributed by atoms with Gasteiger partial charge in [0.05, 0.1) is 6.04 Å². The number of nitrogens with one attached hydrogen (secondary N) is 1. The van der Waals surface area contributed by atoms with Gasteiger partial charge in [0.25, 0.3) is 0 Å². The fourth-order valence-corrected chi connectivity index (χ4v) is 2.51. The molecule has 108 valence electrons. The zero-order valence-corrected chi connectivity index (χ0v) is 11.8. The Morgan fingerprint density at radius 3 is 2.52 bits per heavy atom. The third-order valence-electron chi connectivity index (χ3n) is 3.58. The number of halogens is 2. The van der Waals surface area contributed by atoms with Crippen LogP contribution in [0.1, 0.15) is 24.3 Å². The first-order chi connectivity index (χ1) is 10.1. The lowest BCUT2D eigenvalue weighted by Gasteiger charge is -2.14. The summed E-state index contributed by atoms with van der Waals surface area (Å²) in [5.74, 6) is -0.928. The van der Waals surface area contributed by atoms with E-state index < -0.39 is 11.6 Å². The number of para-hydroxylation sites is 1. The maximum Gasteiger partial charge on any atom is 0.160 e. The highest BCUT2D eigenvalue weighted by atomic mass is 19.2. The quantitative estimate of drug-likeness (QED) is 0.717. The summed E-state index contributed by atoms with van der Waals surface area (Å²) in [6, 6.07) is 11.4. The third kappa shape index (κ3) is 2.49. The number of anilines is 1. The Kier molecular flexibility index (Phi) is 3.37. The van der Waals surface area contributed by atoms with E-state index >= 15 is 0 Å². The van der Waals surface area contributed by atoms with Crippen molar-refractivity contribution in [1.29, 1.82) is 0 Å². The first-order valence-corrected chi connectivity index (χ1v) is 6.76. The average Bonchev–Trinajstić information content (AvgIpc) is 2.81. The fourth-order valence-electron chi connectivity index (χ4n) is 2.51. The summed E-state index contributed by atoms with van der Waals surface area (Å²) < 4.78 is 32.0. The SMILES string of the molecule is Cc1c(C(C)Nc2ccc(F)c(F)c2)oc2ccccc12. The van der Waals surface area contributed by atoms with Crippen LogP contribution in [0.5, 0.6) is 0 Å². The Morgan fingerprint density at radius 2 is 1.81 bits per heavy atom. The van der Waals surface area contributed by atoms with Crippen LogP contribution in [0.4, 0.5) is 14.5 Å². The fraction of sp³-hybridized carbons (Fsp3) is 0.176. The van der Waals surface area contributed by atoms with E-state index in [-0.39, 0.29) is 6.04 Å². The van der Waals surface area contributed by atoms with Gasteiger partial charge in [-0.25, -0.2) is 8.78 Å². The molecule has 1 aromatic heterocycles. The van der Waals surface area contributed by atoms with E-state index in [0.717, 1.165) is 34.4 Å². The summed E-state index contributed by atoms with van der Waals surface area (Å²) in [5.41, 5.74) is 2.39. The van der Waals surface area contributed by atoms with E-state index in [1.54, 1.807) is 0 Å². The molecule has 1 atom stereocenters. The number of furan rings is 1. The lowest BCUT2D eigenvalue weighted by atomic mass is 10.1. The molecule has 21 heavy (non-hydrogen) atoms. The largest absolute Gasteiger partial charge is 0.459 e. The Labute approximate surface area is 121 Å². The molecule has 3 aromatic rings. The van der Waals surface area contributed by atoms with Crippen LogP contribution in [0.2, 0.25) is 0 Å². The first kappa shape index (κ1) is 13.6. The molecule has 2 nitrogen and oxygen atoms in total. The maximum atomic E-state index is 13.2. The predicted molar refractivity (Wildman–Crippen MR) is 79.3 cm³/mol. The van der Waals surface area contributed by atoms with Gasteiger partial charge in [0.2, 0.25) is 0 Å². The molecular formula is C17H15F2NO. The third-order valence-corrected chi connectivity index (χ3v) is 3.58. The number of benzene rings is 2. The Bertz CT molecular complexity index is 795. The maximum absolute atomic E-state index is 13.2. The molecule has 0 saturated heterocycles. The topological polar surface area (TPSA) is 25.2 Å². The number of hydrogen-bond acceptors (Lipinski definition) is 2. The summed E-state index contributed by atoms with van der Waals surface area (Å²) in [4.78, 5) is 0. The molecule has 0 radical (unpaired) electrons. The molecule has 0 saturated carbocycles. The monoisotopic (exact) mass is 287 g/mol. The van der Waals surface area contributed by atoms with Gasteiger partial charge in [0, 0.05) is 22.7 Å². The zero-order chi connectivity index (χ0) is 15.0. The van der Waals surface area contributed by atoms with Gasteiger partial charge in [-0.05, 0) is 32.0 Å². The molecule has 0 spiro atoms. The molecule has 0 amide bonds. The normalized spacial score (nSPS) is 12.6. The summed E-state index contributed by atoms with van der Waals surface area (Å²) in [6.45, 7) is 3.91. The minimum absolute atomic E-state index is 0.151. The van der Waals surface area contributed by atoms with Gasteiger partial charge in [0.15, 0.2) is 11.6 Å². The first-order valence-electron chi connectivity index (χ1n) is 6.76. The molecule has 0 aliphatic heterocycles. The van der Waals surface area contributed by atoms with Crippen LogP contribution < -0.4 is 5.32 Å². The van der Waals surface area contributed by atoms with Crippen LogP contribution in [0.3, 0.4) is 0 Å². The second-order valence-corrected chi connectivity index (χ2v) is 5.08. The van der Waals surface area contributed by atoms with E-state index in [9.17, 15) is 8.78 Å². The predicted octanol–water partition coefficient (Wildman–Crippen LogP) is 5.19. The van der Waals surface area contributed by atoms with E-state index in [1.165, 1.54) is 6.07 Å². The molecule has 2 aromatic carbocycles. The van der Waals surface area contributed by atoms with Crippen molar-refractivity contribution in [3.8, 4) is 0 Å². The lowest BCUT2D eigenvalue weighted by molar-refractivity contribution is 0.507. The van der Waals surface area contributed by atoms with E-state index in [0.29, 0.717) is 5.69 Å². The minimum atomic E-state index is -0.867. The van der Waals surface area contributed by atoms with Crippen LogP contribution in [0.25, 0.3) is 11.0 Å². The lowest BCUT2D eigenvalue weighted by Crippen LogP contribution is -2.07. The minimum Gasteiger partial charge on any atom is -0.459 e. The van der Waals surface area contributed by atoms with Crippen molar-refractivity contribution < 1.29 is 13.2 Å². The van der Waals surface area contributed by atoms with E-state index in [1.807, 2.05) is 38.1 Å². The highest BCUT2D eigenvalue weighted by molar-refractivity contribution is 5.82. The molecule has 1 heterocycles. The molecule has 0 fully saturated rings. The molecule has 4 heteroatoms. The van der Waals surface area contributed by atoms with Crippen molar-refractivity contribution in [1.82, 2.24) is 0 Å². The number of fused-ring (bicyclic) bond motifs is 1. The molecule has 3 rings (SSSR count). The van der Waals surface area contributed by atoms with Crippen molar-refractivity contribution in [3.05, 3.63) is 65.4 Å². The standard InChI is InChI=1S/C17H15F2NO/c1-10-13-5-3-4-6-16(13)21-17(10)11(2)20-12-7-8-14(18)15(19)9-12/h3-9,11,20H,1-2H3. The summed E-state index contributed by atoms with van der Waals surface area (Å²) in [6.07, 6.45) is 0. The van der Waals surface area contributed by atoms with E-state index in [2.05, 4.69) is 5.32 Å². The second-order valence-electron chi connectivity index (χ2n) is 5.08. The highest BCUT2D eigenvalue weighted by Gasteiger charge is 2.16. The van der Waals surface area contributed by atoms with Crippen LogP contribution in [-0.2, 0) is 0 Å². The van der Waals surface area contributed by atoms with Crippen LogP contribution in [0, 0.1) is 18.6 Å². The van der Waals surface area contributed by atoms with Gasteiger partial charge in [0.1, 0.15) is 11.3 Å². The van der Waals surface area contributed by atoms with Crippen molar-refractivity contribution in [2.24, 2.45) is 0 Å². The van der Waals surface area contributed by atoms with Gasteiger partial charge < -0.3 is 9.73 Å². The summed E-state index contributed by atoms with van der Waals surface area (Å²) in [7, 11) is 0.